The highest BCUT2D eigenvalue weighted by atomic mass is 16.5. The van der Waals surface area contributed by atoms with Crippen LogP contribution >= 0.6 is 0 Å². The smallest absolute Gasteiger partial charge is 0.333 e. The summed E-state index contributed by atoms with van der Waals surface area (Å²) >= 11 is 0. The van der Waals surface area contributed by atoms with Crippen molar-refractivity contribution in [3.05, 3.63) is 18.0 Å². The van der Waals surface area contributed by atoms with Gasteiger partial charge in [-0.3, -0.25) is 0 Å². The molecule has 0 aliphatic rings. The molecule has 0 aliphatic heterocycles. The average Bonchev–Trinajstić information content (AvgIpc) is 2.30. The molecule has 0 bridgehead atoms. The van der Waals surface area contributed by atoms with Crippen molar-refractivity contribution in [1.29, 1.82) is 5.26 Å². The van der Waals surface area contributed by atoms with Crippen LogP contribution in [-0.2, 0) is 16.0 Å². The van der Waals surface area contributed by atoms with Gasteiger partial charge in [-0.1, -0.05) is 6.58 Å². The molecule has 0 aromatic carbocycles. The van der Waals surface area contributed by atoms with Crippen LogP contribution in [0.4, 0.5) is 11.9 Å². The average molecular weight is 250 g/mol. The maximum absolute atomic E-state index is 11.0. The van der Waals surface area contributed by atoms with E-state index in [-0.39, 0.29) is 18.5 Å². The zero-order valence-electron chi connectivity index (χ0n) is 9.96. The van der Waals surface area contributed by atoms with Crippen LogP contribution in [0, 0.1) is 11.8 Å². The molecule has 0 fully saturated rings. The summed E-state index contributed by atoms with van der Waals surface area (Å²) in [6.45, 7) is 8.67. The number of carbonyl (C=O) groups excluding carboxylic acids is 1. The zero-order chi connectivity index (χ0) is 14.1. The van der Waals surface area contributed by atoms with Gasteiger partial charge in [-0.05, 0) is 6.92 Å². The summed E-state index contributed by atoms with van der Waals surface area (Å²) in [7, 11) is 0. The number of nitriles is 1. The Labute approximate surface area is 104 Å². The molecule has 0 aliphatic carbocycles. The molecule has 0 unspecified atom stereocenters. The van der Waals surface area contributed by atoms with E-state index in [4.69, 9.17) is 21.5 Å². The Morgan fingerprint density at radius 1 is 1.33 bits per heavy atom. The molecule has 0 saturated heterocycles. The number of hydrogen-bond acceptors (Lipinski definition) is 8. The summed E-state index contributed by atoms with van der Waals surface area (Å²) in [5.74, 6) is 0.0389. The van der Waals surface area contributed by atoms with Gasteiger partial charge in [0.15, 0.2) is 0 Å². The summed E-state index contributed by atoms with van der Waals surface area (Å²) < 4.78 is 4.87. The Hall–Kier alpha value is -2.69. The molecule has 1 aromatic rings. The second-order valence-electron chi connectivity index (χ2n) is 3.13. The molecule has 1 aromatic heterocycles. The summed E-state index contributed by atoms with van der Waals surface area (Å²) in [6, 6.07) is 0. The van der Waals surface area contributed by atoms with Crippen LogP contribution in [0.25, 0.3) is 0 Å². The number of ether oxygens (including phenoxy) is 1. The van der Waals surface area contributed by atoms with Gasteiger partial charge in [-0.15, -0.1) is 0 Å². The van der Waals surface area contributed by atoms with Crippen LogP contribution in [0.1, 0.15) is 12.7 Å². The minimum atomic E-state index is -0.449. The molecule has 1 heterocycles. The van der Waals surface area contributed by atoms with Gasteiger partial charge in [-0.25, -0.2) is 10.1 Å². The van der Waals surface area contributed by atoms with E-state index in [2.05, 4.69) is 28.1 Å². The third-order valence-corrected chi connectivity index (χ3v) is 1.62. The number of hydrogen-bond donors (Lipinski definition) is 2. The highest BCUT2D eigenvalue weighted by Gasteiger charge is 2.05. The second kappa shape index (κ2) is 7.56. The molecule has 8 nitrogen and oxygen atoms in total. The first-order valence-electron chi connectivity index (χ1n) is 4.83. The second-order valence-corrected chi connectivity index (χ2v) is 3.13. The van der Waals surface area contributed by atoms with E-state index in [0.29, 0.717) is 17.8 Å². The number of esters is 1. The molecule has 4 N–H and O–H groups in total. The van der Waals surface area contributed by atoms with Crippen molar-refractivity contribution in [3.63, 3.8) is 0 Å². The number of rotatable bonds is 4. The van der Waals surface area contributed by atoms with E-state index >= 15 is 0 Å². The topological polar surface area (TPSA) is 141 Å². The van der Waals surface area contributed by atoms with Crippen LogP contribution in [0.5, 0.6) is 0 Å². The molecule has 8 heteroatoms. The predicted octanol–water partition coefficient (Wildman–Crippen LogP) is -0.162. The van der Waals surface area contributed by atoms with Crippen molar-refractivity contribution in [1.82, 2.24) is 15.0 Å². The standard InChI is InChI=1S/C9H13N5O2.CHN/c1-5(2)7(15)16-4-3-6-12-8(10)14-9(11)13-6;1-2/h1,3-4H2,2H3,(H4,10,11,12,13,14);1H. The summed E-state index contributed by atoms with van der Waals surface area (Å²) in [5, 5.41) is 6.50. The molecule has 0 saturated carbocycles. The fourth-order valence-electron chi connectivity index (χ4n) is 0.927. The molecule has 1 rings (SSSR count). The van der Waals surface area contributed by atoms with Gasteiger partial charge in [0, 0.05) is 18.6 Å². The monoisotopic (exact) mass is 250 g/mol. The number of nitrogens with two attached hydrogens (primary N) is 2. The first-order chi connectivity index (χ1) is 8.49. The molecule has 0 spiro atoms. The van der Waals surface area contributed by atoms with Gasteiger partial charge < -0.3 is 16.2 Å². The van der Waals surface area contributed by atoms with Gasteiger partial charge in [0.25, 0.3) is 0 Å². The normalized spacial score (nSPS) is 8.83. The lowest BCUT2D eigenvalue weighted by Gasteiger charge is -2.04. The Morgan fingerprint density at radius 3 is 2.28 bits per heavy atom. The van der Waals surface area contributed by atoms with E-state index in [1.807, 2.05) is 0 Å². The molecular weight excluding hydrogens is 236 g/mol. The van der Waals surface area contributed by atoms with Gasteiger partial charge >= 0.3 is 5.97 Å². The van der Waals surface area contributed by atoms with E-state index in [9.17, 15) is 4.79 Å². The zero-order valence-corrected chi connectivity index (χ0v) is 9.96. The molecule has 96 valence electrons. The fraction of sp³-hybridized carbons (Fsp3) is 0.300. The molecular formula is C10H14N6O2. The van der Waals surface area contributed by atoms with E-state index < -0.39 is 5.97 Å². The Balaban J connectivity index is 0.00000137. The van der Waals surface area contributed by atoms with E-state index in [1.54, 1.807) is 6.92 Å². The molecule has 0 radical (unpaired) electrons. The summed E-state index contributed by atoms with van der Waals surface area (Å²) in [4.78, 5) is 22.3. The van der Waals surface area contributed by atoms with Crippen molar-refractivity contribution in [2.45, 2.75) is 13.3 Å². The lowest BCUT2D eigenvalue weighted by molar-refractivity contribution is -0.138. The highest BCUT2D eigenvalue weighted by molar-refractivity contribution is 5.86. The van der Waals surface area contributed by atoms with Gasteiger partial charge in [0.1, 0.15) is 5.82 Å². The van der Waals surface area contributed by atoms with Crippen LogP contribution in [0.15, 0.2) is 12.2 Å². The number of carbonyl (C=O) groups is 1. The third kappa shape index (κ3) is 5.41. The van der Waals surface area contributed by atoms with Crippen molar-refractivity contribution in [2.75, 3.05) is 18.1 Å². The predicted molar refractivity (Wildman–Crippen MR) is 64.8 cm³/mol. The van der Waals surface area contributed by atoms with Crippen LogP contribution in [0.3, 0.4) is 0 Å². The first-order valence-corrected chi connectivity index (χ1v) is 4.83. The molecule has 0 atom stereocenters. The van der Waals surface area contributed by atoms with Crippen LogP contribution in [-0.4, -0.2) is 27.5 Å². The minimum absolute atomic E-state index is 0.0497. The third-order valence-electron chi connectivity index (χ3n) is 1.62. The van der Waals surface area contributed by atoms with Crippen molar-refractivity contribution in [3.8, 4) is 6.57 Å². The number of nitrogens with zero attached hydrogens (tertiary/aromatic N) is 4. The minimum Gasteiger partial charge on any atom is -0.462 e. The van der Waals surface area contributed by atoms with Gasteiger partial charge in [-0.2, -0.15) is 15.0 Å². The van der Waals surface area contributed by atoms with Gasteiger partial charge in [0.2, 0.25) is 11.9 Å². The van der Waals surface area contributed by atoms with E-state index in [1.165, 1.54) is 0 Å². The largest absolute Gasteiger partial charge is 0.462 e. The maximum atomic E-state index is 11.0. The SMILES string of the molecule is C#N.C=C(C)C(=O)OCCc1nc(N)nc(N)n1. The maximum Gasteiger partial charge on any atom is 0.333 e. The number of anilines is 2. The van der Waals surface area contributed by atoms with E-state index in [0.717, 1.165) is 0 Å². The lowest BCUT2D eigenvalue weighted by atomic mass is 10.3. The Kier molecular flexibility index (Phi) is 6.43. The van der Waals surface area contributed by atoms with Crippen molar-refractivity contribution in [2.24, 2.45) is 0 Å². The summed E-state index contributed by atoms with van der Waals surface area (Å²) in [6.07, 6.45) is 0.329. The molecule has 0 amide bonds. The van der Waals surface area contributed by atoms with Crippen molar-refractivity contribution >= 4 is 17.9 Å². The fourth-order valence-corrected chi connectivity index (χ4v) is 0.927. The van der Waals surface area contributed by atoms with Crippen molar-refractivity contribution < 1.29 is 9.53 Å². The first kappa shape index (κ1) is 15.3. The lowest BCUT2D eigenvalue weighted by Crippen LogP contribution is -2.12. The van der Waals surface area contributed by atoms with Crippen LogP contribution in [0.2, 0.25) is 0 Å². The Bertz CT molecular complexity index is 437. The number of aromatic nitrogens is 3. The van der Waals surface area contributed by atoms with Crippen LogP contribution < -0.4 is 11.5 Å². The summed E-state index contributed by atoms with van der Waals surface area (Å²) in [5.41, 5.74) is 11.1. The quantitative estimate of drug-likeness (QED) is 0.554. The highest BCUT2D eigenvalue weighted by Crippen LogP contribution is 2.00. The molecule has 18 heavy (non-hydrogen) atoms. The van der Waals surface area contributed by atoms with Gasteiger partial charge in [0.05, 0.1) is 6.61 Å². The number of nitrogen functional groups attached to an aromatic ring is 2. The Morgan fingerprint density at radius 2 is 1.83 bits per heavy atom.